The number of nitrogens with zero attached hydrogens (tertiary/aromatic N) is 1. The summed E-state index contributed by atoms with van der Waals surface area (Å²) in [5, 5.41) is 0. The lowest BCUT2D eigenvalue weighted by molar-refractivity contribution is 0.496. The monoisotopic (exact) mass is 197 g/mol. The van der Waals surface area contributed by atoms with E-state index in [0.29, 0.717) is 0 Å². The van der Waals surface area contributed by atoms with Crippen molar-refractivity contribution in [2.24, 2.45) is 0 Å². The van der Waals surface area contributed by atoms with Crippen molar-refractivity contribution in [3.8, 4) is 0 Å². The highest BCUT2D eigenvalue weighted by molar-refractivity contribution is 6.74. The average Bonchev–Trinajstić information content (AvgIpc) is 2.03. The van der Waals surface area contributed by atoms with Gasteiger partial charge in [0, 0.05) is 6.54 Å². The molecule has 0 aliphatic carbocycles. The van der Waals surface area contributed by atoms with E-state index in [0.717, 1.165) is 0 Å². The van der Waals surface area contributed by atoms with E-state index in [1.165, 1.54) is 38.3 Å². The molecule has 1 rings (SSSR count). The van der Waals surface area contributed by atoms with Gasteiger partial charge in [0.1, 0.15) is 8.24 Å². The van der Waals surface area contributed by atoms with Gasteiger partial charge in [0.05, 0.1) is 0 Å². The van der Waals surface area contributed by atoms with Crippen LogP contribution < -0.4 is 0 Å². The predicted molar refractivity (Wildman–Crippen MR) is 62.3 cm³/mol. The van der Waals surface area contributed by atoms with Gasteiger partial charge in [-0.1, -0.05) is 32.5 Å². The molecule has 76 valence electrons. The Kier molecular flexibility index (Phi) is 4.04. The largest absolute Gasteiger partial charge is 0.404 e. The summed E-state index contributed by atoms with van der Waals surface area (Å²) in [6, 6.07) is 1.36. The van der Waals surface area contributed by atoms with Crippen LogP contribution in [0.3, 0.4) is 0 Å². The van der Waals surface area contributed by atoms with Crippen molar-refractivity contribution < 1.29 is 0 Å². The standard InChI is InChI=1S/C11H23NSi/c1-4-13(2,3)12-10-8-6-5-7-9-11-12/h8,10H,4-7,9,11H2,1-3H3. The van der Waals surface area contributed by atoms with Gasteiger partial charge in [0.25, 0.3) is 0 Å². The molecule has 0 aromatic heterocycles. The SMILES string of the molecule is CC[Si](C)(C)N1C=CCCCCC1. The lowest BCUT2D eigenvalue weighted by Crippen LogP contribution is -2.45. The summed E-state index contributed by atoms with van der Waals surface area (Å²) in [4.78, 5) is 0. The molecule has 0 atom stereocenters. The fraction of sp³-hybridized carbons (Fsp3) is 0.818. The highest BCUT2D eigenvalue weighted by Gasteiger charge is 2.24. The molecular formula is C11H23NSi. The van der Waals surface area contributed by atoms with Gasteiger partial charge in [0.2, 0.25) is 0 Å². The Balaban J connectivity index is 2.59. The summed E-state index contributed by atoms with van der Waals surface area (Å²) < 4.78 is 2.64. The smallest absolute Gasteiger partial charge is 0.149 e. The van der Waals surface area contributed by atoms with Gasteiger partial charge < -0.3 is 4.57 Å². The molecule has 1 heterocycles. The highest BCUT2D eigenvalue weighted by atomic mass is 28.3. The molecule has 0 aromatic rings. The number of hydrogen-bond donors (Lipinski definition) is 0. The molecule has 2 heteroatoms. The molecule has 0 radical (unpaired) electrons. The maximum Gasteiger partial charge on any atom is 0.149 e. The zero-order valence-corrected chi connectivity index (χ0v) is 10.3. The maximum absolute atomic E-state index is 2.64. The van der Waals surface area contributed by atoms with Crippen LogP contribution in [-0.4, -0.2) is 19.3 Å². The minimum Gasteiger partial charge on any atom is -0.404 e. The fourth-order valence-corrected chi connectivity index (χ4v) is 3.38. The first-order valence-corrected chi connectivity index (χ1v) is 8.75. The third-order valence-electron chi connectivity index (χ3n) is 3.20. The Morgan fingerprint density at radius 3 is 2.69 bits per heavy atom. The van der Waals surface area contributed by atoms with Crippen LogP contribution in [0.15, 0.2) is 12.3 Å². The minimum atomic E-state index is -1.08. The first-order valence-electron chi connectivity index (χ1n) is 5.60. The third-order valence-corrected chi connectivity index (χ3v) is 6.86. The van der Waals surface area contributed by atoms with Gasteiger partial charge in [-0.15, -0.1) is 0 Å². The van der Waals surface area contributed by atoms with Crippen LogP contribution in [0.1, 0.15) is 32.6 Å². The average molecular weight is 197 g/mol. The summed E-state index contributed by atoms with van der Waals surface area (Å²) in [7, 11) is -1.08. The van der Waals surface area contributed by atoms with Gasteiger partial charge >= 0.3 is 0 Å². The van der Waals surface area contributed by atoms with Crippen molar-refractivity contribution in [1.29, 1.82) is 0 Å². The molecule has 0 N–H and O–H groups in total. The van der Waals surface area contributed by atoms with E-state index >= 15 is 0 Å². The number of allylic oxidation sites excluding steroid dienone is 1. The number of hydrogen-bond acceptors (Lipinski definition) is 1. The third kappa shape index (κ3) is 3.18. The van der Waals surface area contributed by atoms with Crippen molar-refractivity contribution in [2.75, 3.05) is 6.54 Å². The van der Waals surface area contributed by atoms with Crippen LogP contribution in [0.25, 0.3) is 0 Å². The summed E-state index contributed by atoms with van der Waals surface area (Å²) in [6.45, 7) is 8.57. The minimum absolute atomic E-state index is 1.08. The Morgan fingerprint density at radius 1 is 1.23 bits per heavy atom. The molecule has 13 heavy (non-hydrogen) atoms. The fourth-order valence-electron chi connectivity index (χ4n) is 1.70. The van der Waals surface area contributed by atoms with Gasteiger partial charge in [0.15, 0.2) is 0 Å². The highest BCUT2D eigenvalue weighted by Crippen LogP contribution is 2.18. The molecule has 0 saturated heterocycles. The Morgan fingerprint density at radius 2 is 2.00 bits per heavy atom. The summed E-state index contributed by atoms with van der Waals surface area (Å²) >= 11 is 0. The second kappa shape index (κ2) is 4.84. The zero-order valence-electron chi connectivity index (χ0n) is 9.34. The molecule has 0 bridgehead atoms. The van der Waals surface area contributed by atoms with E-state index < -0.39 is 8.24 Å². The molecule has 0 saturated carbocycles. The van der Waals surface area contributed by atoms with Crippen LogP contribution >= 0.6 is 0 Å². The molecule has 1 nitrogen and oxygen atoms in total. The van der Waals surface area contributed by atoms with Crippen molar-refractivity contribution in [1.82, 2.24) is 4.57 Å². The summed E-state index contributed by atoms with van der Waals surface area (Å²) in [5.74, 6) is 0. The van der Waals surface area contributed by atoms with Crippen LogP contribution in [0.4, 0.5) is 0 Å². The van der Waals surface area contributed by atoms with Crippen molar-refractivity contribution >= 4 is 8.24 Å². The second-order valence-corrected chi connectivity index (χ2v) is 9.50. The Bertz CT molecular complexity index is 175. The van der Waals surface area contributed by atoms with Crippen molar-refractivity contribution in [2.45, 2.75) is 51.7 Å². The van der Waals surface area contributed by atoms with E-state index in [4.69, 9.17) is 0 Å². The lowest BCUT2D eigenvalue weighted by atomic mass is 10.2. The molecule has 1 aliphatic heterocycles. The lowest BCUT2D eigenvalue weighted by Gasteiger charge is -2.36. The van der Waals surface area contributed by atoms with Crippen LogP contribution in [0.5, 0.6) is 0 Å². The molecule has 0 spiro atoms. The van der Waals surface area contributed by atoms with Crippen molar-refractivity contribution in [3.63, 3.8) is 0 Å². The van der Waals surface area contributed by atoms with E-state index in [-0.39, 0.29) is 0 Å². The number of rotatable bonds is 2. The zero-order chi connectivity index (χ0) is 9.73. The van der Waals surface area contributed by atoms with E-state index in [1.54, 1.807) is 0 Å². The first kappa shape index (κ1) is 10.8. The molecule has 0 amide bonds. The predicted octanol–water partition coefficient (Wildman–Crippen LogP) is 3.60. The van der Waals surface area contributed by atoms with E-state index in [9.17, 15) is 0 Å². The first-order chi connectivity index (χ1) is 6.17. The quantitative estimate of drug-likeness (QED) is 0.611. The van der Waals surface area contributed by atoms with E-state index in [2.05, 4.69) is 36.9 Å². The van der Waals surface area contributed by atoms with Crippen LogP contribution in [-0.2, 0) is 0 Å². The molecule has 0 fully saturated rings. The van der Waals surface area contributed by atoms with Gasteiger partial charge in [-0.3, -0.25) is 0 Å². The maximum atomic E-state index is 2.64. The molecule has 0 aromatic carbocycles. The normalized spacial score (nSPS) is 19.8. The summed E-state index contributed by atoms with van der Waals surface area (Å²) in [6.07, 6.45) is 10.2. The van der Waals surface area contributed by atoms with E-state index in [1.807, 2.05) is 0 Å². The van der Waals surface area contributed by atoms with Gasteiger partial charge in [-0.05, 0) is 31.5 Å². The molecule has 0 unspecified atom stereocenters. The van der Waals surface area contributed by atoms with Gasteiger partial charge in [-0.2, -0.15) is 0 Å². The molecular weight excluding hydrogens is 174 g/mol. The van der Waals surface area contributed by atoms with Crippen molar-refractivity contribution in [3.05, 3.63) is 12.3 Å². The van der Waals surface area contributed by atoms with Crippen LogP contribution in [0.2, 0.25) is 19.1 Å². The van der Waals surface area contributed by atoms with Crippen LogP contribution in [0, 0.1) is 0 Å². The second-order valence-electron chi connectivity index (χ2n) is 4.59. The topological polar surface area (TPSA) is 3.24 Å². The Hall–Kier alpha value is -0.243. The van der Waals surface area contributed by atoms with Gasteiger partial charge in [-0.25, -0.2) is 0 Å². The summed E-state index contributed by atoms with van der Waals surface area (Å²) in [5.41, 5.74) is 0. The Labute approximate surface area is 83.9 Å². The molecule has 1 aliphatic rings.